The first-order valence-corrected chi connectivity index (χ1v) is 6.92. The summed E-state index contributed by atoms with van der Waals surface area (Å²) in [6, 6.07) is 0.462. The summed E-state index contributed by atoms with van der Waals surface area (Å²) >= 11 is 0. The van der Waals surface area contributed by atoms with Gasteiger partial charge in [0.25, 0.3) is 0 Å². The van der Waals surface area contributed by atoms with Crippen LogP contribution < -0.4 is 5.32 Å². The van der Waals surface area contributed by atoms with E-state index in [1.54, 1.807) is 0 Å². The number of likely N-dealkylation sites (N-methyl/N-ethyl adjacent to an activating group) is 1. The van der Waals surface area contributed by atoms with Gasteiger partial charge in [-0.3, -0.25) is 0 Å². The van der Waals surface area contributed by atoms with Crippen molar-refractivity contribution in [2.75, 3.05) is 13.7 Å². The van der Waals surface area contributed by atoms with Crippen molar-refractivity contribution in [1.82, 2.24) is 15.5 Å². The number of nitrogens with zero attached hydrogens (tertiary/aromatic N) is 2. The van der Waals surface area contributed by atoms with Crippen LogP contribution in [0.3, 0.4) is 0 Å². The van der Waals surface area contributed by atoms with Gasteiger partial charge < -0.3 is 14.6 Å². The van der Waals surface area contributed by atoms with Crippen molar-refractivity contribution in [3.63, 3.8) is 0 Å². The molecule has 0 saturated heterocycles. The molecule has 2 atom stereocenters. The molecule has 1 heterocycles. The number of rotatable bonds is 6. The van der Waals surface area contributed by atoms with Gasteiger partial charge in [-0.05, 0) is 26.3 Å². The lowest BCUT2D eigenvalue weighted by Gasteiger charge is -2.28. The van der Waals surface area contributed by atoms with Crippen LogP contribution in [0.5, 0.6) is 0 Å². The van der Waals surface area contributed by atoms with E-state index in [1.807, 2.05) is 7.05 Å². The molecule has 5 nitrogen and oxygen atoms in total. The minimum Gasteiger partial charge on any atom is -0.373 e. The Kier molecular flexibility index (Phi) is 5.13. The molecule has 2 unspecified atom stereocenters. The highest BCUT2D eigenvalue weighted by Gasteiger charge is 2.29. The van der Waals surface area contributed by atoms with E-state index in [0.717, 1.165) is 25.3 Å². The summed E-state index contributed by atoms with van der Waals surface area (Å²) in [5.41, 5.74) is 0. The molecule has 18 heavy (non-hydrogen) atoms. The maximum atomic E-state index is 5.42. The van der Waals surface area contributed by atoms with E-state index in [2.05, 4.69) is 22.4 Å². The maximum Gasteiger partial charge on any atom is 0.231 e. The van der Waals surface area contributed by atoms with Gasteiger partial charge in [0.15, 0.2) is 5.82 Å². The average Bonchev–Trinajstić information content (AvgIpc) is 2.88. The fourth-order valence-electron chi connectivity index (χ4n) is 2.56. The quantitative estimate of drug-likeness (QED) is 0.788. The first-order chi connectivity index (χ1) is 8.85. The van der Waals surface area contributed by atoms with E-state index in [9.17, 15) is 0 Å². The number of nitrogens with one attached hydrogen (secondary N) is 1. The molecule has 1 aliphatic rings. The molecule has 102 valence electrons. The molecular weight excluding hydrogens is 230 g/mol. The molecule has 0 amide bonds. The van der Waals surface area contributed by atoms with Crippen molar-refractivity contribution in [2.24, 2.45) is 0 Å². The van der Waals surface area contributed by atoms with Crippen molar-refractivity contribution in [3.8, 4) is 0 Å². The van der Waals surface area contributed by atoms with Crippen LogP contribution in [0.2, 0.25) is 0 Å². The molecule has 1 N–H and O–H groups in total. The molecule has 0 spiro atoms. The number of hydrogen-bond acceptors (Lipinski definition) is 5. The SMILES string of the molecule is CCCOCc1noc(C2CCCCC2NC)n1. The Balaban J connectivity index is 1.95. The van der Waals surface area contributed by atoms with Gasteiger partial charge in [-0.2, -0.15) is 4.98 Å². The van der Waals surface area contributed by atoms with Gasteiger partial charge in [-0.1, -0.05) is 24.9 Å². The number of ether oxygens (including phenoxy) is 1. The van der Waals surface area contributed by atoms with E-state index in [4.69, 9.17) is 9.26 Å². The van der Waals surface area contributed by atoms with Crippen molar-refractivity contribution in [3.05, 3.63) is 11.7 Å². The third-order valence-electron chi connectivity index (χ3n) is 3.52. The summed E-state index contributed by atoms with van der Waals surface area (Å²) in [5.74, 6) is 1.79. The average molecular weight is 253 g/mol. The summed E-state index contributed by atoms with van der Waals surface area (Å²) in [5, 5.41) is 7.35. The normalized spacial score (nSPS) is 24.3. The zero-order valence-electron chi connectivity index (χ0n) is 11.3. The summed E-state index contributed by atoms with van der Waals surface area (Å²) < 4.78 is 10.8. The van der Waals surface area contributed by atoms with Gasteiger partial charge in [0.2, 0.25) is 5.89 Å². The Morgan fingerprint density at radius 2 is 2.22 bits per heavy atom. The van der Waals surface area contributed by atoms with Crippen molar-refractivity contribution in [1.29, 1.82) is 0 Å². The van der Waals surface area contributed by atoms with E-state index < -0.39 is 0 Å². The molecule has 0 radical (unpaired) electrons. The lowest BCUT2D eigenvalue weighted by atomic mass is 9.84. The van der Waals surface area contributed by atoms with Crippen LogP contribution in [0.1, 0.15) is 56.7 Å². The number of aromatic nitrogens is 2. The third kappa shape index (κ3) is 3.29. The Morgan fingerprint density at radius 1 is 1.39 bits per heavy atom. The largest absolute Gasteiger partial charge is 0.373 e. The molecule has 5 heteroatoms. The van der Waals surface area contributed by atoms with E-state index in [-0.39, 0.29) is 0 Å². The fraction of sp³-hybridized carbons (Fsp3) is 0.846. The van der Waals surface area contributed by atoms with Crippen LogP contribution in [-0.2, 0) is 11.3 Å². The molecule has 1 aromatic heterocycles. The molecular formula is C13H23N3O2. The van der Waals surface area contributed by atoms with Crippen LogP contribution in [0.25, 0.3) is 0 Å². The molecule has 1 aromatic rings. The van der Waals surface area contributed by atoms with Crippen LogP contribution >= 0.6 is 0 Å². The standard InChI is InChI=1S/C13H23N3O2/c1-3-8-17-9-12-15-13(18-16-12)10-6-4-5-7-11(10)14-2/h10-11,14H,3-9H2,1-2H3. The minimum absolute atomic E-state index is 0.358. The van der Waals surface area contributed by atoms with E-state index in [1.165, 1.54) is 19.3 Å². The number of hydrogen-bond donors (Lipinski definition) is 1. The van der Waals surface area contributed by atoms with Crippen molar-refractivity contribution < 1.29 is 9.26 Å². The van der Waals surface area contributed by atoms with Crippen molar-refractivity contribution >= 4 is 0 Å². The predicted molar refractivity (Wildman–Crippen MR) is 68.3 cm³/mol. The summed E-state index contributed by atoms with van der Waals surface area (Å²) in [6.45, 7) is 3.28. The molecule has 1 aliphatic carbocycles. The zero-order valence-corrected chi connectivity index (χ0v) is 11.3. The van der Waals surface area contributed by atoms with Crippen LogP contribution in [-0.4, -0.2) is 29.8 Å². The Bertz CT molecular complexity index is 354. The van der Waals surface area contributed by atoms with Crippen LogP contribution in [0.15, 0.2) is 4.52 Å². The second-order valence-electron chi connectivity index (χ2n) is 4.89. The lowest BCUT2D eigenvalue weighted by molar-refractivity contribution is 0.114. The Labute approximate surface area is 108 Å². The zero-order chi connectivity index (χ0) is 12.8. The topological polar surface area (TPSA) is 60.2 Å². The fourth-order valence-corrected chi connectivity index (χ4v) is 2.56. The van der Waals surface area contributed by atoms with Gasteiger partial charge >= 0.3 is 0 Å². The third-order valence-corrected chi connectivity index (χ3v) is 3.52. The van der Waals surface area contributed by atoms with Gasteiger partial charge in [-0.15, -0.1) is 0 Å². The Morgan fingerprint density at radius 3 is 3.00 bits per heavy atom. The van der Waals surface area contributed by atoms with Gasteiger partial charge in [0, 0.05) is 12.6 Å². The lowest BCUT2D eigenvalue weighted by Crippen LogP contribution is -2.34. The molecule has 1 fully saturated rings. The summed E-state index contributed by atoms with van der Waals surface area (Å²) in [6.07, 6.45) is 5.85. The predicted octanol–water partition coefficient (Wildman–Crippen LogP) is 2.24. The highest BCUT2D eigenvalue weighted by atomic mass is 16.5. The van der Waals surface area contributed by atoms with Crippen LogP contribution in [0, 0.1) is 0 Å². The molecule has 0 aliphatic heterocycles. The minimum atomic E-state index is 0.358. The van der Waals surface area contributed by atoms with Gasteiger partial charge in [0.05, 0.1) is 5.92 Å². The molecule has 0 aromatic carbocycles. The summed E-state index contributed by atoms with van der Waals surface area (Å²) in [4.78, 5) is 4.46. The van der Waals surface area contributed by atoms with E-state index >= 15 is 0 Å². The van der Waals surface area contributed by atoms with Crippen LogP contribution in [0.4, 0.5) is 0 Å². The highest BCUT2D eigenvalue weighted by molar-refractivity contribution is 5.00. The monoisotopic (exact) mass is 253 g/mol. The van der Waals surface area contributed by atoms with Gasteiger partial charge in [0.1, 0.15) is 6.61 Å². The second-order valence-corrected chi connectivity index (χ2v) is 4.89. The first kappa shape index (κ1) is 13.5. The smallest absolute Gasteiger partial charge is 0.231 e. The molecule has 1 saturated carbocycles. The Hall–Kier alpha value is -0.940. The highest BCUT2D eigenvalue weighted by Crippen LogP contribution is 2.31. The molecule has 0 bridgehead atoms. The van der Waals surface area contributed by atoms with Crippen molar-refractivity contribution in [2.45, 2.75) is 57.6 Å². The summed E-state index contributed by atoms with van der Waals surface area (Å²) in [7, 11) is 2.00. The maximum absolute atomic E-state index is 5.42. The van der Waals surface area contributed by atoms with E-state index in [0.29, 0.717) is 24.4 Å². The second kappa shape index (κ2) is 6.85. The first-order valence-electron chi connectivity index (χ1n) is 6.92. The molecule has 2 rings (SSSR count). The van der Waals surface area contributed by atoms with Gasteiger partial charge in [-0.25, -0.2) is 0 Å².